The summed E-state index contributed by atoms with van der Waals surface area (Å²) in [5.74, 6) is -0.206. The average Bonchev–Trinajstić information content (AvgIpc) is 2.85. The van der Waals surface area contributed by atoms with Crippen LogP contribution in [0.3, 0.4) is 0 Å². The van der Waals surface area contributed by atoms with Gasteiger partial charge in [0.2, 0.25) is 5.91 Å². The molecule has 0 bridgehead atoms. The van der Waals surface area contributed by atoms with Crippen LogP contribution in [0.25, 0.3) is 0 Å². The predicted molar refractivity (Wildman–Crippen MR) is 77.5 cm³/mol. The second-order valence-corrected chi connectivity index (χ2v) is 6.53. The maximum atomic E-state index is 12.5. The second kappa shape index (κ2) is 5.54. The van der Waals surface area contributed by atoms with Gasteiger partial charge in [0.25, 0.3) is 0 Å². The van der Waals surface area contributed by atoms with Crippen molar-refractivity contribution in [1.29, 1.82) is 0 Å². The molecular formula is C16H18F3NO4. The summed E-state index contributed by atoms with van der Waals surface area (Å²) in [4.78, 5) is 13.6. The monoisotopic (exact) mass is 345 g/mol. The second-order valence-electron chi connectivity index (χ2n) is 6.53. The highest BCUT2D eigenvalue weighted by Gasteiger charge is 2.47. The number of aliphatic hydroxyl groups is 1. The first-order valence-corrected chi connectivity index (χ1v) is 7.65. The largest absolute Gasteiger partial charge is 0.573 e. The Balaban J connectivity index is 2.05. The third-order valence-corrected chi connectivity index (χ3v) is 4.36. The Morgan fingerprint density at radius 2 is 2.08 bits per heavy atom. The topological polar surface area (TPSA) is 59.0 Å². The molecule has 132 valence electrons. The summed E-state index contributed by atoms with van der Waals surface area (Å²) in [5, 5.41) is 10.7. The van der Waals surface area contributed by atoms with E-state index in [4.69, 9.17) is 4.74 Å². The average molecular weight is 345 g/mol. The first kappa shape index (κ1) is 16.9. The fourth-order valence-corrected chi connectivity index (χ4v) is 3.24. The lowest BCUT2D eigenvalue weighted by molar-refractivity contribution is -0.274. The highest BCUT2D eigenvalue weighted by molar-refractivity contribution is 5.79. The zero-order valence-electron chi connectivity index (χ0n) is 13.3. The first-order valence-electron chi connectivity index (χ1n) is 7.65. The number of halogens is 3. The third kappa shape index (κ3) is 3.02. The number of fused-ring (bicyclic) bond motifs is 1. The van der Waals surface area contributed by atoms with Gasteiger partial charge < -0.3 is 19.5 Å². The lowest BCUT2D eigenvalue weighted by Crippen LogP contribution is -2.53. The molecule has 5 nitrogen and oxygen atoms in total. The molecular weight excluding hydrogens is 327 g/mol. The van der Waals surface area contributed by atoms with Gasteiger partial charge in [-0.2, -0.15) is 0 Å². The quantitative estimate of drug-likeness (QED) is 0.895. The van der Waals surface area contributed by atoms with Gasteiger partial charge in [0.05, 0.1) is 6.04 Å². The fraction of sp³-hybridized carbons (Fsp3) is 0.562. The highest BCUT2D eigenvalue weighted by atomic mass is 19.4. The van der Waals surface area contributed by atoms with Gasteiger partial charge in [0, 0.05) is 18.5 Å². The van der Waals surface area contributed by atoms with Crippen LogP contribution < -0.4 is 9.47 Å². The molecule has 2 heterocycles. The molecule has 0 unspecified atom stereocenters. The van der Waals surface area contributed by atoms with Crippen molar-refractivity contribution < 1.29 is 32.5 Å². The molecule has 1 aromatic carbocycles. The number of carbonyl (C=O) groups is 1. The molecule has 0 radical (unpaired) electrons. The maximum absolute atomic E-state index is 12.5. The van der Waals surface area contributed by atoms with Gasteiger partial charge in [0.15, 0.2) is 0 Å². The minimum Gasteiger partial charge on any atom is -0.485 e. The van der Waals surface area contributed by atoms with E-state index in [1.165, 1.54) is 17.0 Å². The van der Waals surface area contributed by atoms with E-state index < -0.39 is 29.9 Å². The Morgan fingerprint density at radius 3 is 2.67 bits per heavy atom. The number of rotatable bonds is 2. The molecule has 8 heteroatoms. The molecule has 2 atom stereocenters. The molecule has 1 amide bonds. The van der Waals surface area contributed by atoms with Crippen molar-refractivity contribution in [2.24, 2.45) is 0 Å². The van der Waals surface area contributed by atoms with Crippen molar-refractivity contribution in [2.75, 3.05) is 6.54 Å². The molecule has 0 spiro atoms. The Hall–Kier alpha value is -1.96. The first-order chi connectivity index (χ1) is 11.1. The van der Waals surface area contributed by atoms with Crippen molar-refractivity contribution in [1.82, 2.24) is 4.90 Å². The van der Waals surface area contributed by atoms with E-state index in [9.17, 15) is 23.1 Å². The van der Waals surface area contributed by atoms with Crippen LogP contribution in [0.4, 0.5) is 13.2 Å². The number of amides is 1. The fourth-order valence-electron chi connectivity index (χ4n) is 3.24. The minimum atomic E-state index is -4.82. The van der Waals surface area contributed by atoms with Gasteiger partial charge in [-0.3, -0.25) is 4.79 Å². The van der Waals surface area contributed by atoms with Gasteiger partial charge in [-0.05, 0) is 38.5 Å². The van der Waals surface area contributed by atoms with E-state index in [2.05, 4.69) is 4.74 Å². The van der Waals surface area contributed by atoms with E-state index in [1.54, 1.807) is 13.8 Å². The number of carbonyl (C=O) groups excluding carboxylic acids is 1. The molecule has 0 aromatic heterocycles. The molecule has 24 heavy (non-hydrogen) atoms. The number of likely N-dealkylation sites (tertiary alicyclic amines) is 1. The summed E-state index contributed by atoms with van der Waals surface area (Å²) < 4.78 is 47.1. The van der Waals surface area contributed by atoms with Crippen LogP contribution >= 0.6 is 0 Å². The molecule has 1 N–H and O–H groups in total. The van der Waals surface area contributed by atoms with E-state index in [0.717, 1.165) is 6.07 Å². The summed E-state index contributed by atoms with van der Waals surface area (Å²) in [5.41, 5.74) is -0.661. The molecule has 1 aromatic rings. The van der Waals surface area contributed by atoms with Crippen molar-refractivity contribution in [3.05, 3.63) is 23.8 Å². The molecule has 1 fully saturated rings. The van der Waals surface area contributed by atoms with Crippen LogP contribution in [-0.4, -0.2) is 40.5 Å². The van der Waals surface area contributed by atoms with Gasteiger partial charge in [-0.1, -0.05) is 0 Å². The zero-order chi connectivity index (χ0) is 17.7. The van der Waals surface area contributed by atoms with Gasteiger partial charge >= 0.3 is 6.36 Å². The van der Waals surface area contributed by atoms with Crippen LogP contribution in [0.2, 0.25) is 0 Å². The van der Waals surface area contributed by atoms with Gasteiger partial charge in [-0.15, -0.1) is 13.2 Å². The number of hydrogen-bond acceptors (Lipinski definition) is 4. The summed E-state index contributed by atoms with van der Waals surface area (Å²) in [6.45, 7) is 3.79. The molecule has 3 rings (SSSR count). The molecule has 0 aliphatic carbocycles. The number of ether oxygens (including phenoxy) is 2. The maximum Gasteiger partial charge on any atom is 0.573 e. The van der Waals surface area contributed by atoms with Crippen LogP contribution in [0.15, 0.2) is 18.2 Å². The smallest absolute Gasteiger partial charge is 0.485 e. The SMILES string of the molecule is CC1(C)Oc2ccc(OC(F)(F)F)cc2[C@H](N2CCCC2=O)[C@H]1O. The van der Waals surface area contributed by atoms with E-state index >= 15 is 0 Å². The van der Waals surface area contributed by atoms with E-state index in [-0.39, 0.29) is 5.91 Å². The molecule has 0 saturated carbocycles. The number of benzene rings is 1. The van der Waals surface area contributed by atoms with Crippen LogP contribution in [0, 0.1) is 0 Å². The Morgan fingerprint density at radius 1 is 1.38 bits per heavy atom. The summed E-state index contributed by atoms with van der Waals surface area (Å²) in [7, 11) is 0. The number of nitrogens with zero attached hydrogens (tertiary/aromatic N) is 1. The molecule has 2 aliphatic heterocycles. The zero-order valence-corrected chi connectivity index (χ0v) is 13.3. The number of hydrogen-bond donors (Lipinski definition) is 1. The van der Waals surface area contributed by atoms with Gasteiger partial charge in [0.1, 0.15) is 23.2 Å². The molecule has 2 aliphatic rings. The Kier molecular flexibility index (Phi) is 3.90. The predicted octanol–water partition coefficient (Wildman–Crippen LogP) is 2.78. The summed E-state index contributed by atoms with van der Waals surface area (Å²) in [6, 6.07) is 2.94. The van der Waals surface area contributed by atoms with Crippen molar-refractivity contribution in [3.8, 4) is 11.5 Å². The Bertz CT molecular complexity index is 659. The lowest BCUT2D eigenvalue weighted by atomic mass is 9.85. The molecule has 1 saturated heterocycles. The van der Waals surface area contributed by atoms with Gasteiger partial charge in [-0.25, -0.2) is 0 Å². The van der Waals surface area contributed by atoms with Crippen molar-refractivity contribution >= 4 is 5.91 Å². The lowest BCUT2D eigenvalue weighted by Gasteiger charge is -2.45. The van der Waals surface area contributed by atoms with E-state index in [1.807, 2.05) is 0 Å². The van der Waals surface area contributed by atoms with Crippen LogP contribution in [0.1, 0.15) is 38.3 Å². The summed E-state index contributed by atoms with van der Waals surface area (Å²) in [6.07, 6.45) is -4.88. The van der Waals surface area contributed by atoms with Crippen LogP contribution in [0.5, 0.6) is 11.5 Å². The van der Waals surface area contributed by atoms with Crippen molar-refractivity contribution in [3.63, 3.8) is 0 Å². The van der Waals surface area contributed by atoms with E-state index in [0.29, 0.717) is 30.7 Å². The standard InChI is InChI=1S/C16H18F3NO4/c1-15(2)14(22)13(20-7-3-4-12(20)21)10-8-9(23-16(17,18)19)5-6-11(10)24-15/h5-6,8,13-14,22H,3-4,7H2,1-2H3/t13-,14+/m0/s1. The minimum absolute atomic E-state index is 0.134. The third-order valence-electron chi connectivity index (χ3n) is 4.36. The number of alkyl halides is 3. The number of aliphatic hydroxyl groups excluding tert-OH is 1. The Labute approximate surface area is 137 Å². The van der Waals surface area contributed by atoms with Crippen LogP contribution in [-0.2, 0) is 4.79 Å². The normalized spacial score (nSPS) is 26.1. The highest BCUT2D eigenvalue weighted by Crippen LogP contribution is 2.45. The van der Waals surface area contributed by atoms with Crippen molar-refractivity contribution in [2.45, 2.75) is 50.8 Å². The summed E-state index contributed by atoms with van der Waals surface area (Å²) >= 11 is 0.